The molecular formula is C15H11Br2N3. The quantitative estimate of drug-likeness (QED) is 0.710. The van der Waals surface area contributed by atoms with Crippen LogP contribution in [0.1, 0.15) is 17.3 Å². The number of pyridine rings is 2. The van der Waals surface area contributed by atoms with Gasteiger partial charge in [-0.1, -0.05) is 24.3 Å². The minimum absolute atomic E-state index is 0.323. The summed E-state index contributed by atoms with van der Waals surface area (Å²) in [5.74, 6) is 0. The normalized spacial score (nSPS) is 12.6. The molecule has 2 heterocycles. The smallest absolute Gasteiger partial charge is 0.0759 e. The van der Waals surface area contributed by atoms with Crippen LogP contribution in [0.2, 0.25) is 0 Å². The van der Waals surface area contributed by atoms with Gasteiger partial charge in [0.05, 0.1) is 17.3 Å². The highest BCUT2D eigenvalue weighted by Gasteiger charge is 2.17. The maximum absolute atomic E-state index is 6.39. The number of hydrogen-bond donors (Lipinski definition) is 1. The van der Waals surface area contributed by atoms with Crippen LogP contribution in [0.25, 0.3) is 10.9 Å². The summed E-state index contributed by atoms with van der Waals surface area (Å²) in [6, 6.07) is 11.6. The molecule has 3 aromatic rings. The molecule has 2 N–H and O–H groups in total. The van der Waals surface area contributed by atoms with Crippen molar-refractivity contribution in [2.45, 2.75) is 6.04 Å². The lowest BCUT2D eigenvalue weighted by atomic mass is 10.0. The van der Waals surface area contributed by atoms with Crippen LogP contribution >= 0.6 is 31.9 Å². The fourth-order valence-electron chi connectivity index (χ4n) is 2.18. The molecule has 0 aliphatic carbocycles. The molecule has 0 saturated heterocycles. The molecule has 1 unspecified atom stereocenters. The number of nitrogens with two attached hydrogens (primary N) is 1. The molecule has 0 bridgehead atoms. The van der Waals surface area contributed by atoms with Crippen LogP contribution in [0.5, 0.6) is 0 Å². The monoisotopic (exact) mass is 391 g/mol. The van der Waals surface area contributed by atoms with E-state index < -0.39 is 0 Å². The van der Waals surface area contributed by atoms with Gasteiger partial charge in [0.1, 0.15) is 0 Å². The minimum atomic E-state index is -0.323. The van der Waals surface area contributed by atoms with Gasteiger partial charge in [-0.3, -0.25) is 9.97 Å². The van der Waals surface area contributed by atoms with Crippen molar-refractivity contribution in [3.05, 3.63) is 69.0 Å². The van der Waals surface area contributed by atoms with Crippen molar-refractivity contribution in [2.24, 2.45) is 5.73 Å². The first-order valence-electron chi connectivity index (χ1n) is 6.07. The van der Waals surface area contributed by atoms with Gasteiger partial charge in [-0.25, -0.2) is 0 Å². The van der Waals surface area contributed by atoms with E-state index in [4.69, 9.17) is 5.73 Å². The molecule has 5 heteroatoms. The first kappa shape index (κ1) is 13.7. The van der Waals surface area contributed by atoms with Crippen LogP contribution in [0, 0.1) is 0 Å². The topological polar surface area (TPSA) is 51.8 Å². The van der Waals surface area contributed by atoms with E-state index >= 15 is 0 Å². The van der Waals surface area contributed by atoms with Crippen molar-refractivity contribution in [1.82, 2.24) is 9.97 Å². The molecule has 100 valence electrons. The van der Waals surface area contributed by atoms with E-state index in [-0.39, 0.29) is 6.04 Å². The Morgan fingerprint density at radius 1 is 1.05 bits per heavy atom. The second-order valence-electron chi connectivity index (χ2n) is 4.42. The number of rotatable bonds is 2. The van der Waals surface area contributed by atoms with Gasteiger partial charge in [0.15, 0.2) is 0 Å². The Hall–Kier alpha value is -1.30. The molecule has 0 aliphatic rings. The van der Waals surface area contributed by atoms with Gasteiger partial charge >= 0.3 is 0 Å². The van der Waals surface area contributed by atoms with Gasteiger partial charge in [0.25, 0.3) is 0 Å². The van der Waals surface area contributed by atoms with Gasteiger partial charge in [-0.15, -0.1) is 0 Å². The Labute approximate surface area is 133 Å². The van der Waals surface area contributed by atoms with Crippen molar-refractivity contribution in [3.8, 4) is 0 Å². The average molecular weight is 393 g/mol. The SMILES string of the molecule is NC(c1ncc(Br)cc1Br)c1cccc2cccnc12. The largest absolute Gasteiger partial charge is 0.319 e. The number of hydrogen-bond acceptors (Lipinski definition) is 3. The van der Waals surface area contributed by atoms with Gasteiger partial charge in [-0.05, 0) is 44.0 Å². The molecule has 1 atom stereocenters. The summed E-state index contributed by atoms with van der Waals surface area (Å²) in [5.41, 5.74) is 9.07. The molecule has 0 radical (unpaired) electrons. The van der Waals surface area contributed by atoms with Crippen LogP contribution in [-0.4, -0.2) is 9.97 Å². The Kier molecular flexibility index (Phi) is 3.83. The lowest BCUT2D eigenvalue weighted by molar-refractivity contribution is 0.826. The summed E-state index contributed by atoms with van der Waals surface area (Å²) in [5, 5.41) is 1.08. The first-order chi connectivity index (χ1) is 9.66. The summed E-state index contributed by atoms with van der Waals surface area (Å²) in [4.78, 5) is 8.86. The molecule has 3 rings (SSSR count). The second kappa shape index (κ2) is 5.60. The number of nitrogens with zero attached hydrogens (tertiary/aromatic N) is 2. The molecule has 0 amide bonds. The van der Waals surface area contributed by atoms with Crippen molar-refractivity contribution >= 4 is 42.8 Å². The summed E-state index contributed by atoms with van der Waals surface area (Å²) in [7, 11) is 0. The van der Waals surface area contributed by atoms with Crippen LogP contribution < -0.4 is 5.73 Å². The van der Waals surface area contributed by atoms with E-state index in [1.54, 1.807) is 12.4 Å². The Balaban J connectivity index is 2.15. The van der Waals surface area contributed by atoms with Crippen molar-refractivity contribution in [2.75, 3.05) is 0 Å². The summed E-state index contributed by atoms with van der Waals surface area (Å²) in [6.45, 7) is 0. The molecule has 3 nitrogen and oxygen atoms in total. The zero-order chi connectivity index (χ0) is 14.1. The summed E-state index contributed by atoms with van der Waals surface area (Å²) < 4.78 is 1.80. The molecule has 0 saturated carbocycles. The fraction of sp³-hybridized carbons (Fsp3) is 0.0667. The van der Waals surface area contributed by atoms with Gasteiger partial charge in [-0.2, -0.15) is 0 Å². The Bertz CT molecular complexity index is 769. The van der Waals surface area contributed by atoms with E-state index in [2.05, 4.69) is 41.8 Å². The number of aromatic nitrogens is 2. The van der Waals surface area contributed by atoms with Crippen molar-refractivity contribution in [1.29, 1.82) is 0 Å². The van der Waals surface area contributed by atoms with E-state index in [1.165, 1.54) is 0 Å². The van der Waals surface area contributed by atoms with E-state index in [0.717, 1.165) is 31.1 Å². The van der Waals surface area contributed by atoms with Gasteiger partial charge in [0.2, 0.25) is 0 Å². The summed E-state index contributed by atoms with van der Waals surface area (Å²) >= 11 is 6.91. The zero-order valence-electron chi connectivity index (χ0n) is 10.4. The molecule has 2 aromatic heterocycles. The molecule has 0 spiro atoms. The van der Waals surface area contributed by atoms with Gasteiger partial charge in [0, 0.05) is 32.3 Å². The minimum Gasteiger partial charge on any atom is -0.319 e. The number of halogens is 2. The van der Waals surface area contributed by atoms with E-state index in [9.17, 15) is 0 Å². The van der Waals surface area contributed by atoms with E-state index in [0.29, 0.717) is 0 Å². The maximum atomic E-state index is 6.39. The van der Waals surface area contributed by atoms with Crippen LogP contribution in [0.3, 0.4) is 0 Å². The zero-order valence-corrected chi connectivity index (χ0v) is 13.6. The molecule has 1 aromatic carbocycles. The predicted octanol–water partition coefficient (Wildman–Crippen LogP) is 4.20. The van der Waals surface area contributed by atoms with Crippen molar-refractivity contribution < 1.29 is 0 Å². The second-order valence-corrected chi connectivity index (χ2v) is 6.19. The molecule has 20 heavy (non-hydrogen) atoms. The van der Waals surface area contributed by atoms with Crippen molar-refractivity contribution in [3.63, 3.8) is 0 Å². The third-order valence-electron chi connectivity index (χ3n) is 3.13. The number of fused-ring (bicyclic) bond motifs is 1. The molecule has 0 fully saturated rings. The number of benzene rings is 1. The van der Waals surface area contributed by atoms with Gasteiger partial charge < -0.3 is 5.73 Å². The molecule has 0 aliphatic heterocycles. The van der Waals surface area contributed by atoms with Crippen LogP contribution in [0.15, 0.2) is 57.7 Å². The standard InChI is InChI=1S/C15H11Br2N3/c16-10-7-12(17)15(20-8-10)13(18)11-5-1-3-9-4-2-6-19-14(9)11/h1-8,13H,18H2. The maximum Gasteiger partial charge on any atom is 0.0759 e. The lowest BCUT2D eigenvalue weighted by Crippen LogP contribution is -2.15. The Morgan fingerprint density at radius 3 is 2.65 bits per heavy atom. The lowest BCUT2D eigenvalue weighted by Gasteiger charge is -2.15. The highest BCUT2D eigenvalue weighted by atomic mass is 79.9. The third-order valence-corrected chi connectivity index (χ3v) is 4.20. The average Bonchev–Trinajstić information content (AvgIpc) is 2.46. The summed E-state index contributed by atoms with van der Waals surface area (Å²) in [6.07, 6.45) is 3.53. The predicted molar refractivity (Wildman–Crippen MR) is 87.4 cm³/mol. The van der Waals surface area contributed by atoms with E-state index in [1.807, 2.05) is 36.4 Å². The highest BCUT2D eigenvalue weighted by molar-refractivity contribution is 9.11. The fourth-order valence-corrected chi connectivity index (χ4v) is 3.41. The first-order valence-corrected chi connectivity index (χ1v) is 7.65. The number of para-hydroxylation sites is 1. The van der Waals surface area contributed by atoms with Crippen LogP contribution in [-0.2, 0) is 0 Å². The van der Waals surface area contributed by atoms with Crippen LogP contribution in [0.4, 0.5) is 0 Å². The Morgan fingerprint density at radius 2 is 1.85 bits per heavy atom. The third kappa shape index (κ3) is 2.49. The molecular weight excluding hydrogens is 382 g/mol. The highest BCUT2D eigenvalue weighted by Crippen LogP contribution is 2.30.